The second kappa shape index (κ2) is 29.4. The topological polar surface area (TPSA) is 428 Å². The van der Waals surface area contributed by atoms with Gasteiger partial charge in [-0.05, 0) is 82.0 Å². The number of aliphatic hydroxyl groups excluding tert-OH is 14. The third-order valence-electron chi connectivity index (χ3n) is 17.9. The molecule has 4 aliphatic heterocycles. The van der Waals surface area contributed by atoms with Crippen LogP contribution in [0.1, 0.15) is 70.6 Å². The lowest BCUT2D eigenvalue weighted by Gasteiger charge is -2.53. The van der Waals surface area contributed by atoms with Crippen LogP contribution < -0.4 is 0 Å². The van der Waals surface area contributed by atoms with Crippen molar-refractivity contribution in [2.75, 3.05) is 41.2 Å². The summed E-state index contributed by atoms with van der Waals surface area (Å²) in [6.45, 7) is -2.34. The van der Waals surface area contributed by atoms with Gasteiger partial charge in [0.1, 0.15) is 79.9 Å². The summed E-state index contributed by atoms with van der Waals surface area (Å²) in [6.07, 6.45) is -29.9. The van der Waals surface area contributed by atoms with Crippen molar-refractivity contribution in [2.24, 2.45) is 23.7 Å². The lowest BCUT2D eigenvalue weighted by Crippen LogP contribution is -2.66. The molecule has 4 saturated carbocycles. The normalized spacial score (nSPS) is 48.6. The Morgan fingerprint density at radius 2 is 1.02 bits per heavy atom. The van der Waals surface area contributed by atoms with E-state index in [1.54, 1.807) is 6.08 Å². The summed E-state index contributed by atoms with van der Waals surface area (Å²) in [5.41, 5.74) is 0. The first kappa shape index (κ1) is 65.4. The highest BCUT2D eigenvalue weighted by atomic mass is 16.8. The first-order valence-electron chi connectivity index (χ1n) is 28.5. The van der Waals surface area contributed by atoms with E-state index >= 15 is 0 Å². The maximum absolute atomic E-state index is 13.6. The molecule has 8 aliphatic rings. The molecule has 0 amide bonds. The molecule has 0 radical (unpaired) electrons. The van der Waals surface area contributed by atoms with Gasteiger partial charge in [-0.25, -0.2) is 9.59 Å². The molecule has 28 heteroatoms. The molecule has 8 fully saturated rings. The lowest BCUT2D eigenvalue weighted by molar-refractivity contribution is -0.380. The number of aliphatic hydroxyl groups is 14. The SMILES string of the molecule is COC1CC(C=CC(=O)OCC2OC(OC3CC4C(OC5OC(CO)C(O)C(O)C5O)CC(O)CC4OC3C3CCC(O)C(O)C3)C(OC3OC(CO)C(O)C(O)C3OC(=O)C=CC3CC(OC)C(O)C(OC)C3)C(O)C2O)CCC1O. The zero-order valence-electron chi connectivity index (χ0n) is 46.1. The third kappa shape index (κ3) is 15.2. The van der Waals surface area contributed by atoms with Crippen LogP contribution in [0.15, 0.2) is 24.3 Å². The smallest absolute Gasteiger partial charge is 0.330 e. The number of allylic oxidation sites excluding steroid dienone is 2. The Morgan fingerprint density at radius 3 is 1.68 bits per heavy atom. The first-order chi connectivity index (χ1) is 39.2. The van der Waals surface area contributed by atoms with E-state index in [9.17, 15) is 81.1 Å². The number of fused-ring (bicyclic) bond motifs is 1. The van der Waals surface area contributed by atoms with Crippen LogP contribution in [0.25, 0.3) is 0 Å². The zero-order chi connectivity index (χ0) is 59.3. The fourth-order valence-corrected chi connectivity index (χ4v) is 13.0. The van der Waals surface area contributed by atoms with Crippen molar-refractivity contribution in [3.63, 3.8) is 0 Å². The maximum Gasteiger partial charge on any atom is 0.330 e. The van der Waals surface area contributed by atoms with E-state index in [0.29, 0.717) is 38.5 Å². The van der Waals surface area contributed by atoms with Gasteiger partial charge in [-0.1, -0.05) is 12.2 Å². The zero-order valence-corrected chi connectivity index (χ0v) is 46.1. The highest BCUT2D eigenvalue weighted by Gasteiger charge is 2.57. The Hall–Kier alpha value is -2.54. The third-order valence-corrected chi connectivity index (χ3v) is 17.9. The van der Waals surface area contributed by atoms with Gasteiger partial charge >= 0.3 is 11.9 Å². The highest BCUT2D eigenvalue weighted by molar-refractivity contribution is 5.82. The van der Waals surface area contributed by atoms with Crippen molar-refractivity contribution >= 4 is 11.9 Å². The van der Waals surface area contributed by atoms with Crippen molar-refractivity contribution in [3.8, 4) is 0 Å². The van der Waals surface area contributed by atoms with Gasteiger partial charge in [0.15, 0.2) is 25.0 Å². The quantitative estimate of drug-likeness (QED) is 0.0425. The molecule has 4 saturated heterocycles. The van der Waals surface area contributed by atoms with E-state index in [2.05, 4.69) is 0 Å². The van der Waals surface area contributed by atoms with Gasteiger partial charge in [-0.3, -0.25) is 0 Å². The fourth-order valence-electron chi connectivity index (χ4n) is 13.0. The number of carbonyl (C=O) groups is 2. The van der Waals surface area contributed by atoms with Crippen LogP contribution in [0.5, 0.6) is 0 Å². The van der Waals surface area contributed by atoms with Crippen molar-refractivity contribution in [1.29, 1.82) is 0 Å². The molecular formula is C54H86O28. The number of esters is 2. The minimum atomic E-state index is -2.06. The Labute approximate surface area is 473 Å². The number of hydrogen-bond donors (Lipinski definition) is 14. The second-order valence-electron chi connectivity index (χ2n) is 23.2. The molecule has 28 nitrogen and oxygen atoms in total. The molecule has 8 rings (SSSR count). The van der Waals surface area contributed by atoms with E-state index in [0.717, 1.165) is 6.08 Å². The van der Waals surface area contributed by atoms with E-state index in [1.165, 1.54) is 33.5 Å². The van der Waals surface area contributed by atoms with Gasteiger partial charge in [-0.2, -0.15) is 0 Å². The largest absolute Gasteiger partial charge is 0.460 e. The summed E-state index contributed by atoms with van der Waals surface area (Å²) in [7, 11) is 4.32. The van der Waals surface area contributed by atoms with Crippen molar-refractivity contribution in [3.05, 3.63) is 24.3 Å². The Kier molecular flexibility index (Phi) is 23.5. The molecule has 0 spiro atoms. The molecule has 0 aromatic rings. The average molecular weight is 1180 g/mol. The maximum atomic E-state index is 13.6. The molecule has 4 aliphatic carbocycles. The lowest BCUT2D eigenvalue weighted by atomic mass is 9.72. The molecule has 82 heavy (non-hydrogen) atoms. The molecule has 29 unspecified atom stereocenters. The van der Waals surface area contributed by atoms with Crippen molar-refractivity contribution < 1.29 is 138 Å². The highest BCUT2D eigenvalue weighted by Crippen LogP contribution is 2.46. The number of rotatable bonds is 19. The van der Waals surface area contributed by atoms with Crippen LogP contribution >= 0.6 is 0 Å². The molecule has 29 atom stereocenters. The van der Waals surface area contributed by atoms with Crippen LogP contribution in [0.4, 0.5) is 0 Å². The monoisotopic (exact) mass is 1180 g/mol. The molecule has 14 N–H and O–H groups in total. The first-order valence-corrected chi connectivity index (χ1v) is 28.5. The van der Waals surface area contributed by atoms with Crippen LogP contribution in [-0.2, 0) is 66.4 Å². The summed E-state index contributed by atoms with van der Waals surface area (Å²) in [5, 5.41) is 153. The van der Waals surface area contributed by atoms with Gasteiger partial charge in [0.2, 0.25) is 0 Å². The van der Waals surface area contributed by atoms with Gasteiger partial charge in [-0.15, -0.1) is 0 Å². The van der Waals surface area contributed by atoms with Crippen molar-refractivity contribution in [1.82, 2.24) is 0 Å². The summed E-state index contributed by atoms with van der Waals surface area (Å²) in [4.78, 5) is 26.9. The Bertz CT molecular complexity index is 2060. The molecular weight excluding hydrogens is 1100 g/mol. The predicted octanol–water partition coefficient (Wildman–Crippen LogP) is -5.18. The molecule has 4 heterocycles. The summed E-state index contributed by atoms with van der Waals surface area (Å²) >= 11 is 0. The average Bonchev–Trinajstić information content (AvgIpc) is 3.62. The molecule has 0 aromatic heterocycles. The minimum Gasteiger partial charge on any atom is -0.460 e. The minimum absolute atomic E-state index is 0.00563. The van der Waals surface area contributed by atoms with Gasteiger partial charge in [0, 0.05) is 45.8 Å². The second-order valence-corrected chi connectivity index (χ2v) is 23.2. The van der Waals surface area contributed by atoms with E-state index < -0.39 is 209 Å². The van der Waals surface area contributed by atoms with Crippen LogP contribution in [0.2, 0.25) is 0 Å². The van der Waals surface area contributed by atoms with Crippen LogP contribution in [0, 0.1) is 23.7 Å². The standard InChI is InChI=1S/C54H86O28/c1-71-32-12-22(4-8-28(32)59)5-10-39(61)74-21-38-44(66)47(69)51(82-54-50(46(68)43(65)37(20-56)79-54)81-40(62)11-6-23-13-33(72-2)41(63)34(14-23)73-3)53(80-38)77-35-18-26-30(75-49(35)24-7-9-27(58)29(60)15-24)16-25(57)17-31(26)76-52-48(70)45(67)42(64)36(19-55)78-52/h5-6,10-11,22-38,41-60,63-70H,4,7-9,12-21H2,1-3H3. The van der Waals surface area contributed by atoms with Crippen molar-refractivity contribution in [2.45, 2.75) is 236 Å². The summed E-state index contributed by atoms with van der Waals surface area (Å²) in [6, 6.07) is 0. The number of carbonyl (C=O) groups excluding carboxylic acids is 2. The molecule has 470 valence electrons. The van der Waals surface area contributed by atoms with Gasteiger partial charge < -0.3 is 128 Å². The summed E-state index contributed by atoms with van der Waals surface area (Å²) in [5.74, 6) is -3.73. The number of ether oxygens (including phenoxy) is 12. The fraction of sp³-hybridized carbons (Fsp3) is 0.889. The Balaban J connectivity index is 1.09. The molecule has 0 aromatic carbocycles. The summed E-state index contributed by atoms with van der Waals surface area (Å²) < 4.78 is 71.7. The van der Waals surface area contributed by atoms with Crippen LogP contribution in [-0.4, -0.2) is 290 Å². The van der Waals surface area contributed by atoms with E-state index in [-0.39, 0.29) is 43.9 Å². The predicted molar refractivity (Wildman–Crippen MR) is 272 cm³/mol. The van der Waals surface area contributed by atoms with E-state index in [1.807, 2.05) is 0 Å². The number of methoxy groups -OCH3 is 3. The van der Waals surface area contributed by atoms with Crippen LogP contribution in [0.3, 0.4) is 0 Å². The van der Waals surface area contributed by atoms with E-state index in [4.69, 9.17) is 56.8 Å². The Morgan fingerprint density at radius 1 is 0.463 bits per heavy atom. The van der Waals surface area contributed by atoms with Gasteiger partial charge in [0.25, 0.3) is 0 Å². The molecule has 0 bridgehead atoms. The number of hydrogen-bond acceptors (Lipinski definition) is 28. The van der Waals surface area contributed by atoms with Gasteiger partial charge in [0.05, 0.1) is 80.4 Å².